The van der Waals surface area contributed by atoms with Crippen molar-refractivity contribution in [3.63, 3.8) is 0 Å². The van der Waals surface area contributed by atoms with Crippen molar-refractivity contribution in [2.24, 2.45) is 0 Å². The summed E-state index contributed by atoms with van der Waals surface area (Å²) in [6.07, 6.45) is 1.05. The Morgan fingerprint density at radius 3 is 2.63 bits per heavy atom. The molecule has 0 unspecified atom stereocenters. The third-order valence-corrected chi connectivity index (χ3v) is 3.93. The molecular weight excluding hydrogens is 240 g/mol. The summed E-state index contributed by atoms with van der Waals surface area (Å²) >= 11 is 0. The molecule has 2 heterocycles. The lowest BCUT2D eigenvalue weighted by Gasteiger charge is -2.32. The molecular formula is C15H20N2O2. The summed E-state index contributed by atoms with van der Waals surface area (Å²) in [4.78, 5) is 16.4. The molecule has 19 heavy (non-hydrogen) atoms. The number of carbonyl (C=O) groups is 1. The fourth-order valence-corrected chi connectivity index (χ4v) is 2.79. The van der Waals surface area contributed by atoms with E-state index in [4.69, 9.17) is 4.74 Å². The second-order valence-electron chi connectivity index (χ2n) is 5.22. The molecule has 102 valence electrons. The van der Waals surface area contributed by atoms with Gasteiger partial charge in [0.1, 0.15) is 0 Å². The summed E-state index contributed by atoms with van der Waals surface area (Å²) in [7, 11) is 0. The van der Waals surface area contributed by atoms with Crippen LogP contribution in [0.4, 0.5) is 0 Å². The van der Waals surface area contributed by atoms with E-state index < -0.39 is 0 Å². The van der Waals surface area contributed by atoms with Gasteiger partial charge in [0.05, 0.1) is 19.8 Å². The summed E-state index contributed by atoms with van der Waals surface area (Å²) in [5.74, 6) is 0.239. The second-order valence-corrected chi connectivity index (χ2v) is 5.22. The minimum Gasteiger partial charge on any atom is -0.378 e. The van der Waals surface area contributed by atoms with E-state index >= 15 is 0 Å². The first-order chi connectivity index (χ1) is 9.33. The van der Waals surface area contributed by atoms with Crippen molar-refractivity contribution in [1.29, 1.82) is 0 Å². The predicted octanol–water partition coefficient (Wildman–Crippen LogP) is 0.903. The Hall–Kier alpha value is -1.39. The zero-order chi connectivity index (χ0) is 13.1. The zero-order valence-electron chi connectivity index (χ0n) is 11.2. The van der Waals surface area contributed by atoms with E-state index in [1.165, 1.54) is 11.1 Å². The third kappa shape index (κ3) is 2.96. The molecule has 1 aromatic carbocycles. The first-order valence-electron chi connectivity index (χ1n) is 6.97. The third-order valence-electron chi connectivity index (χ3n) is 3.93. The molecule has 0 bridgehead atoms. The SMILES string of the molecule is O=C(CN1CCc2ccccc2C1)N1CCOCC1. The molecule has 1 saturated heterocycles. The lowest BCUT2D eigenvalue weighted by Crippen LogP contribution is -2.46. The highest BCUT2D eigenvalue weighted by Gasteiger charge is 2.22. The highest BCUT2D eigenvalue weighted by Crippen LogP contribution is 2.18. The average molecular weight is 260 g/mol. The van der Waals surface area contributed by atoms with Crippen molar-refractivity contribution in [3.8, 4) is 0 Å². The van der Waals surface area contributed by atoms with Crippen LogP contribution in [-0.2, 0) is 22.5 Å². The molecule has 0 N–H and O–H groups in total. The minimum atomic E-state index is 0.239. The van der Waals surface area contributed by atoms with Gasteiger partial charge in [0.2, 0.25) is 5.91 Å². The van der Waals surface area contributed by atoms with Crippen molar-refractivity contribution < 1.29 is 9.53 Å². The summed E-state index contributed by atoms with van der Waals surface area (Å²) in [6.45, 7) is 5.24. The number of morpholine rings is 1. The quantitative estimate of drug-likeness (QED) is 0.792. The average Bonchev–Trinajstić information content (AvgIpc) is 2.48. The lowest BCUT2D eigenvalue weighted by molar-refractivity contribution is -0.136. The van der Waals surface area contributed by atoms with Gasteiger partial charge in [0.15, 0.2) is 0 Å². The highest BCUT2D eigenvalue weighted by molar-refractivity contribution is 5.78. The number of hydrogen-bond acceptors (Lipinski definition) is 3. The number of ether oxygens (including phenoxy) is 1. The molecule has 0 saturated carbocycles. The number of amides is 1. The Bertz CT molecular complexity index is 455. The van der Waals surface area contributed by atoms with E-state index in [1.807, 2.05) is 4.90 Å². The Morgan fingerprint density at radius 1 is 1.11 bits per heavy atom. The molecule has 1 amide bonds. The molecule has 1 fully saturated rings. The number of rotatable bonds is 2. The summed E-state index contributed by atoms with van der Waals surface area (Å²) in [5.41, 5.74) is 2.79. The van der Waals surface area contributed by atoms with Gasteiger partial charge >= 0.3 is 0 Å². The van der Waals surface area contributed by atoms with Crippen molar-refractivity contribution in [2.45, 2.75) is 13.0 Å². The number of benzene rings is 1. The van der Waals surface area contributed by atoms with Crippen molar-refractivity contribution >= 4 is 5.91 Å². The molecule has 4 heteroatoms. The number of nitrogens with zero attached hydrogens (tertiary/aromatic N) is 2. The topological polar surface area (TPSA) is 32.8 Å². The monoisotopic (exact) mass is 260 g/mol. The molecule has 0 aliphatic carbocycles. The van der Waals surface area contributed by atoms with Crippen LogP contribution in [0.5, 0.6) is 0 Å². The largest absolute Gasteiger partial charge is 0.378 e. The van der Waals surface area contributed by atoms with Crippen LogP contribution in [0.2, 0.25) is 0 Å². The van der Waals surface area contributed by atoms with E-state index in [-0.39, 0.29) is 5.91 Å². The molecule has 0 atom stereocenters. The Kier molecular flexibility index (Phi) is 3.80. The Balaban J connectivity index is 1.58. The first kappa shape index (κ1) is 12.6. The van der Waals surface area contributed by atoms with Gasteiger partial charge in [-0.15, -0.1) is 0 Å². The zero-order valence-corrected chi connectivity index (χ0v) is 11.2. The van der Waals surface area contributed by atoms with Crippen LogP contribution in [-0.4, -0.2) is 55.1 Å². The molecule has 2 aliphatic heterocycles. The Morgan fingerprint density at radius 2 is 1.84 bits per heavy atom. The maximum absolute atomic E-state index is 12.2. The van der Waals surface area contributed by atoms with Crippen molar-refractivity contribution in [3.05, 3.63) is 35.4 Å². The van der Waals surface area contributed by atoms with Gasteiger partial charge in [0.25, 0.3) is 0 Å². The van der Waals surface area contributed by atoms with Gasteiger partial charge in [0, 0.05) is 26.2 Å². The maximum atomic E-state index is 12.2. The van der Waals surface area contributed by atoms with E-state index in [0.29, 0.717) is 19.8 Å². The summed E-state index contributed by atoms with van der Waals surface area (Å²) in [5, 5.41) is 0. The van der Waals surface area contributed by atoms with Gasteiger partial charge in [-0.25, -0.2) is 0 Å². The van der Waals surface area contributed by atoms with Crippen LogP contribution in [0.1, 0.15) is 11.1 Å². The smallest absolute Gasteiger partial charge is 0.236 e. The van der Waals surface area contributed by atoms with Gasteiger partial charge in [-0.2, -0.15) is 0 Å². The Labute approximate surface area is 113 Å². The van der Waals surface area contributed by atoms with Crippen LogP contribution in [0, 0.1) is 0 Å². The number of fused-ring (bicyclic) bond motifs is 1. The van der Waals surface area contributed by atoms with Crippen LogP contribution in [0.25, 0.3) is 0 Å². The van der Waals surface area contributed by atoms with E-state index in [1.54, 1.807) is 0 Å². The van der Waals surface area contributed by atoms with Crippen molar-refractivity contribution in [2.75, 3.05) is 39.4 Å². The molecule has 2 aliphatic rings. The lowest BCUT2D eigenvalue weighted by atomic mass is 10.00. The minimum absolute atomic E-state index is 0.239. The summed E-state index contributed by atoms with van der Waals surface area (Å²) in [6, 6.07) is 8.52. The normalized spacial score (nSPS) is 20.1. The molecule has 0 spiro atoms. The number of carbonyl (C=O) groups excluding carboxylic acids is 1. The van der Waals surface area contributed by atoms with E-state index in [9.17, 15) is 4.79 Å². The molecule has 0 radical (unpaired) electrons. The highest BCUT2D eigenvalue weighted by atomic mass is 16.5. The fourth-order valence-electron chi connectivity index (χ4n) is 2.79. The van der Waals surface area contributed by atoms with Gasteiger partial charge in [-0.05, 0) is 17.5 Å². The molecule has 4 nitrogen and oxygen atoms in total. The fraction of sp³-hybridized carbons (Fsp3) is 0.533. The first-order valence-corrected chi connectivity index (χ1v) is 6.97. The van der Waals surface area contributed by atoms with Crippen LogP contribution in [0.15, 0.2) is 24.3 Å². The van der Waals surface area contributed by atoms with Crippen molar-refractivity contribution in [1.82, 2.24) is 9.80 Å². The van der Waals surface area contributed by atoms with Gasteiger partial charge in [-0.3, -0.25) is 9.69 Å². The molecule has 1 aromatic rings. The maximum Gasteiger partial charge on any atom is 0.236 e. The standard InChI is InChI=1S/C15H20N2O2/c18-15(17-7-9-19-10-8-17)12-16-6-5-13-3-1-2-4-14(13)11-16/h1-4H,5-12H2. The van der Waals surface area contributed by atoms with E-state index in [2.05, 4.69) is 29.2 Å². The number of hydrogen-bond donors (Lipinski definition) is 0. The van der Waals surface area contributed by atoms with E-state index in [0.717, 1.165) is 32.6 Å². The molecule has 0 aromatic heterocycles. The second kappa shape index (κ2) is 5.72. The van der Waals surface area contributed by atoms with Crippen LogP contribution in [0.3, 0.4) is 0 Å². The summed E-state index contributed by atoms with van der Waals surface area (Å²) < 4.78 is 5.28. The predicted molar refractivity (Wildman–Crippen MR) is 72.8 cm³/mol. The van der Waals surface area contributed by atoms with Gasteiger partial charge in [-0.1, -0.05) is 24.3 Å². The molecule has 3 rings (SSSR count). The van der Waals surface area contributed by atoms with Gasteiger partial charge < -0.3 is 9.64 Å². The van der Waals surface area contributed by atoms with Crippen LogP contribution >= 0.6 is 0 Å². The van der Waals surface area contributed by atoms with Crippen LogP contribution < -0.4 is 0 Å².